The predicted octanol–water partition coefficient (Wildman–Crippen LogP) is 4.09. The van der Waals surface area contributed by atoms with E-state index in [2.05, 4.69) is 33.1 Å². The third-order valence-electron chi connectivity index (χ3n) is 6.82. The topological polar surface area (TPSA) is 58.5 Å². The highest BCUT2D eigenvalue weighted by Crippen LogP contribution is 2.50. The normalized spacial score (nSPS) is 25.5. The van der Waals surface area contributed by atoms with E-state index in [1.54, 1.807) is 6.20 Å². The second-order valence-corrected chi connectivity index (χ2v) is 9.00. The number of hydrogen-bond acceptors (Lipinski definition) is 5. The van der Waals surface area contributed by atoms with E-state index in [0.717, 1.165) is 55.2 Å². The van der Waals surface area contributed by atoms with Crippen molar-refractivity contribution >= 4 is 0 Å². The molecular formula is C26H29N3O2. The van der Waals surface area contributed by atoms with E-state index in [-0.39, 0.29) is 5.92 Å². The molecule has 3 atom stereocenters. The first-order valence-electron chi connectivity index (χ1n) is 11.1. The molecule has 160 valence electrons. The van der Waals surface area contributed by atoms with Crippen LogP contribution in [0.4, 0.5) is 0 Å². The molecule has 3 aromatic rings. The molecule has 0 unspecified atom stereocenters. The first-order chi connectivity index (χ1) is 15.1. The number of pyridine rings is 2. The standard InChI is InChI=1S/C26H29N3O2/c1-19-5-10-25(28-14-19)26(30)12-11-21-16-29(17-24(21)26)15-20-6-8-23(9-7-20)31-18-22-4-2-3-13-27-22/h2-10,13-14,21,24,30H,11-12,15-18H2,1H3/t21-,24+,26-/m1/s1. The summed E-state index contributed by atoms with van der Waals surface area (Å²) in [6.45, 7) is 5.35. The monoisotopic (exact) mass is 415 g/mol. The minimum Gasteiger partial charge on any atom is -0.487 e. The maximum absolute atomic E-state index is 11.5. The fraction of sp³-hybridized carbons (Fsp3) is 0.385. The predicted molar refractivity (Wildman–Crippen MR) is 119 cm³/mol. The summed E-state index contributed by atoms with van der Waals surface area (Å²) in [6.07, 6.45) is 5.52. The van der Waals surface area contributed by atoms with Gasteiger partial charge in [0, 0.05) is 37.9 Å². The second-order valence-electron chi connectivity index (χ2n) is 9.00. The Morgan fingerprint density at radius 1 is 1.06 bits per heavy atom. The molecule has 5 rings (SSSR count). The van der Waals surface area contributed by atoms with Crippen molar-refractivity contribution in [2.24, 2.45) is 11.8 Å². The fourth-order valence-corrected chi connectivity index (χ4v) is 5.15. The summed E-state index contributed by atoms with van der Waals surface area (Å²) >= 11 is 0. The Bertz CT molecular complexity index is 1010. The van der Waals surface area contributed by atoms with Crippen LogP contribution in [0.5, 0.6) is 5.75 Å². The van der Waals surface area contributed by atoms with Crippen LogP contribution in [0.3, 0.4) is 0 Å². The molecule has 0 amide bonds. The minimum atomic E-state index is -0.795. The Balaban J connectivity index is 1.19. The van der Waals surface area contributed by atoms with Gasteiger partial charge < -0.3 is 9.84 Å². The van der Waals surface area contributed by atoms with Crippen LogP contribution < -0.4 is 4.74 Å². The molecule has 1 saturated carbocycles. The summed E-state index contributed by atoms with van der Waals surface area (Å²) in [5.74, 6) is 1.64. The average Bonchev–Trinajstić information content (AvgIpc) is 3.34. The first kappa shape index (κ1) is 20.2. The van der Waals surface area contributed by atoms with Crippen molar-refractivity contribution in [1.82, 2.24) is 14.9 Å². The van der Waals surface area contributed by atoms with Crippen molar-refractivity contribution < 1.29 is 9.84 Å². The summed E-state index contributed by atoms with van der Waals surface area (Å²) in [5, 5.41) is 11.5. The highest BCUT2D eigenvalue weighted by atomic mass is 16.5. The number of ether oxygens (including phenoxy) is 1. The zero-order valence-electron chi connectivity index (χ0n) is 17.9. The molecule has 0 radical (unpaired) electrons. The molecule has 0 bridgehead atoms. The largest absolute Gasteiger partial charge is 0.487 e. The number of aliphatic hydroxyl groups is 1. The van der Waals surface area contributed by atoms with E-state index in [1.165, 1.54) is 5.56 Å². The highest BCUT2D eigenvalue weighted by Gasteiger charge is 2.52. The van der Waals surface area contributed by atoms with Crippen LogP contribution in [0.1, 0.15) is 35.4 Å². The lowest BCUT2D eigenvalue weighted by Crippen LogP contribution is -2.35. The van der Waals surface area contributed by atoms with Crippen LogP contribution in [0, 0.1) is 18.8 Å². The zero-order valence-corrected chi connectivity index (χ0v) is 17.9. The van der Waals surface area contributed by atoms with E-state index >= 15 is 0 Å². The van der Waals surface area contributed by atoms with Gasteiger partial charge in [-0.25, -0.2) is 0 Å². The number of hydrogen-bond donors (Lipinski definition) is 1. The van der Waals surface area contributed by atoms with Crippen LogP contribution in [-0.2, 0) is 18.8 Å². The SMILES string of the molecule is Cc1ccc([C@@]2(O)CC[C@@H]3CN(Cc4ccc(OCc5ccccn5)cc4)C[C@@H]32)nc1. The molecule has 1 N–H and O–H groups in total. The molecule has 0 spiro atoms. The molecule has 5 heteroatoms. The molecule has 31 heavy (non-hydrogen) atoms. The van der Waals surface area contributed by atoms with Gasteiger partial charge in [-0.1, -0.05) is 24.3 Å². The van der Waals surface area contributed by atoms with Crippen LogP contribution >= 0.6 is 0 Å². The molecule has 2 fully saturated rings. The molecule has 1 aromatic carbocycles. The Morgan fingerprint density at radius 3 is 2.68 bits per heavy atom. The summed E-state index contributed by atoms with van der Waals surface area (Å²) in [4.78, 5) is 11.3. The number of benzene rings is 1. The summed E-state index contributed by atoms with van der Waals surface area (Å²) < 4.78 is 5.85. The summed E-state index contributed by atoms with van der Waals surface area (Å²) in [7, 11) is 0. The van der Waals surface area contributed by atoms with Crippen molar-refractivity contribution in [2.75, 3.05) is 13.1 Å². The zero-order chi connectivity index (χ0) is 21.3. The molecule has 1 aliphatic carbocycles. The molecule has 3 heterocycles. The van der Waals surface area contributed by atoms with Crippen molar-refractivity contribution in [1.29, 1.82) is 0 Å². The third-order valence-corrected chi connectivity index (χ3v) is 6.82. The highest BCUT2D eigenvalue weighted by molar-refractivity contribution is 5.28. The van der Waals surface area contributed by atoms with Gasteiger partial charge in [-0.05, 0) is 67.1 Å². The van der Waals surface area contributed by atoms with Crippen LogP contribution in [-0.4, -0.2) is 33.1 Å². The fourth-order valence-electron chi connectivity index (χ4n) is 5.15. The summed E-state index contributed by atoms with van der Waals surface area (Å²) in [5.41, 5.74) is 3.35. The van der Waals surface area contributed by atoms with Crippen LogP contribution in [0.2, 0.25) is 0 Å². The van der Waals surface area contributed by atoms with Crippen molar-refractivity contribution in [3.8, 4) is 5.75 Å². The van der Waals surface area contributed by atoms with E-state index in [9.17, 15) is 5.11 Å². The molecule has 2 aliphatic rings. The Kier molecular flexibility index (Phi) is 5.47. The molecule has 1 saturated heterocycles. The quantitative estimate of drug-likeness (QED) is 0.657. The maximum atomic E-state index is 11.5. The van der Waals surface area contributed by atoms with Crippen molar-refractivity contribution in [3.05, 3.63) is 89.5 Å². The lowest BCUT2D eigenvalue weighted by Gasteiger charge is -2.30. The van der Waals surface area contributed by atoms with E-state index in [1.807, 2.05) is 49.5 Å². The molecule has 2 aromatic heterocycles. The number of rotatable bonds is 6. The summed E-state index contributed by atoms with van der Waals surface area (Å²) in [6, 6.07) is 18.2. The number of aryl methyl sites for hydroxylation is 1. The van der Waals surface area contributed by atoms with Crippen LogP contribution in [0.15, 0.2) is 67.0 Å². The number of aromatic nitrogens is 2. The number of fused-ring (bicyclic) bond motifs is 1. The van der Waals surface area contributed by atoms with Gasteiger partial charge in [-0.15, -0.1) is 0 Å². The van der Waals surface area contributed by atoms with Gasteiger partial charge in [0.1, 0.15) is 18.0 Å². The van der Waals surface area contributed by atoms with E-state index in [0.29, 0.717) is 12.5 Å². The number of nitrogens with zero attached hydrogens (tertiary/aromatic N) is 3. The average molecular weight is 416 g/mol. The Hall–Kier alpha value is -2.76. The Morgan fingerprint density at radius 2 is 1.94 bits per heavy atom. The smallest absolute Gasteiger partial charge is 0.130 e. The van der Waals surface area contributed by atoms with Gasteiger partial charge in [0.05, 0.1) is 11.4 Å². The lowest BCUT2D eigenvalue weighted by atomic mass is 9.85. The minimum absolute atomic E-state index is 0.253. The van der Waals surface area contributed by atoms with Crippen molar-refractivity contribution in [2.45, 2.75) is 38.5 Å². The van der Waals surface area contributed by atoms with Gasteiger partial charge in [0.2, 0.25) is 0 Å². The third kappa shape index (κ3) is 4.21. The lowest BCUT2D eigenvalue weighted by molar-refractivity contribution is -0.0108. The second kappa shape index (κ2) is 8.40. The van der Waals surface area contributed by atoms with Crippen molar-refractivity contribution in [3.63, 3.8) is 0 Å². The Labute approximate surface area is 183 Å². The van der Waals surface area contributed by atoms with Gasteiger partial charge in [-0.3, -0.25) is 14.9 Å². The molecule has 1 aliphatic heterocycles. The van der Waals surface area contributed by atoms with Gasteiger partial charge in [0.25, 0.3) is 0 Å². The van der Waals surface area contributed by atoms with Gasteiger partial charge >= 0.3 is 0 Å². The van der Waals surface area contributed by atoms with E-state index < -0.39 is 5.60 Å². The van der Waals surface area contributed by atoms with E-state index in [4.69, 9.17) is 4.74 Å². The van der Waals surface area contributed by atoms with Gasteiger partial charge in [-0.2, -0.15) is 0 Å². The maximum Gasteiger partial charge on any atom is 0.130 e. The molecular weight excluding hydrogens is 386 g/mol. The van der Waals surface area contributed by atoms with Gasteiger partial charge in [0.15, 0.2) is 0 Å². The van der Waals surface area contributed by atoms with Crippen LogP contribution in [0.25, 0.3) is 0 Å². The number of likely N-dealkylation sites (tertiary alicyclic amines) is 1. The first-order valence-corrected chi connectivity index (χ1v) is 11.1. The molecule has 5 nitrogen and oxygen atoms in total.